The number of aliphatic hydroxyl groups excluding tert-OH is 3. The van der Waals surface area contributed by atoms with Gasteiger partial charge < -0.3 is 28.9 Å². The van der Waals surface area contributed by atoms with E-state index < -0.39 is 0 Å². The molecule has 0 spiro atoms. The molecule has 9 heteroatoms. The van der Waals surface area contributed by atoms with E-state index in [0.717, 1.165) is 89.3 Å². The van der Waals surface area contributed by atoms with Crippen molar-refractivity contribution in [3.05, 3.63) is 82.6 Å². The Labute approximate surface area is 280 Å². The second-order valence-electron chi connectivity index (χ2n) is 12.1. The second kappa shape index (κ2) is 17.4. The van der Waals surface area contributed by atoms with Crippen LogP contribution in [0.3, 0.4) is 0 Å². The molecule has 0 aliphatic heterocycles. The lowest BCUT2D eigenvalue weighted by molar-refractivity contribution is -0.0240. The van der Waals surface area contributed by atoms with Crippen molar-refractivity contribution >= 4 is 22.6 Å². The predicted octanol–water partition coefficient (Wildman–Crippen LogP) is 7.95. The molecule has 0 saturated heterocycles. The maximum atomic E-state index is 9.70. The molecule has 0 bridgehead atoms. The van der Waals surface area contributed by atoms with Gasteiger partial charge in [0.25, 0.3) is 0 Å². The fraction of sp³-hybridized carbons (Fsp3) is 0.500. The molecule has 2 saturated carbocycles. The Balaban J connectivity index is 0.000000172. The average Bonchev–Trinajstić information content (AvgIpc) is 3.58. The smallest absolute Gasteiger partial charge is 0.226 e. The summed E-state index contributed by atoms with van der Waals surface area (Å²) >= 11 is 2.30. The number of hydrogen-bond donors (Lipinski definition) is 3. The van der Waals surface area contributed by atoms with Crippen LogP contribution >= 0.6 is 22.6 Å². The Bertz CT molecular complexity index is 1480. The number of alkyl halides is 1. The molecule has 4 atom stereocenters. The highest BCUT2D eigenvalue weighted by Gasteiger charge is 2.22. The Hall–Kier alpha value is -2.57. The first-order valence-electron chi connectivity index (χ1n) is 15.9. The minimum Gasteiger partial charge on any atom is -0.441 e. The molecule has 4 unspecified atom stereocenters. The number of oxazole rings is 2. The molecular weight excluding hydrogens is 683 g/mol. The van der Waals surface area contributed by atoms with Crippen molar-refractivity contribution < 1.29 is 28.9 Å². The summed E-state index contributed by atoms with van der Waals surface area (Å²) < 4.78 is 18.2. The van der Waals surface area contributed by atoms with Crippen molar-refractivity contribution in [3.8, 4) is 22.9 Å². The second-order valence-corrected chi connectivity index (χ2v) is 12.9. The normalized spacial score (nSPS) is 21.3. The fourth-order valence-corrected chi connectivity index (χ4v) is 6.23. The van der Waals surface area contributed by atoms with E-state index in [9.17, 15) is 5.11 Å². The maximum absolute atomic E-state index is 9.70. The van der Waals surface area contributed by atoms with Gasteiger partial charge >= 0.3 is 0 Å². The van der Waals surface area contributed by atoms with Crippen LogP contribution in [0, 0.1) is 27.7 Å². The van der Waals surface area contributed by atoms with Crippen LogP contribution in [0.15, 0.2) is 57.4 Å². The molecule has 0 amide bonds. The summed E-state index contributed by atoms with van der Waals surface area (Å²) in [5, 5.41) is 27.5. The van der Waals surface area contributed by atoms with Crippen LogP contribution in [0.2, 0.25) is 0 Å². The van der Waals surface area contributed by atoms with Crippen molar-refractivity contribution in [2.45, 2.75) is 115 Å². The number of nitrogens with zero attached hydrogens (tertiary/aromatic N) is 2. The van der Waals surface area contributed by atoms with Gasteiger partial charge in [0.05, 0.1) is 36.7 Å². The number of rotatable bonds is 6. The Morgan fingerprint density at radius 3 is 1.64 bits per heavy atom. The SMILES string of the molecule is Cc1cccc(-c2nc(CI)c(C)o2)c1.Cc1cccc(-c2nc(COC3CCCC(O)C3)c(C)o2)c1.OC1CCCC(O)C1. The first-order chi connectivity index (χ1) is 21.6. The van der Waals surface area contributed by atoms with E-state index in [1.54, 1.807) is 0 Å². The number of hydrogen-bond acceptors (Lipinski definition) is 8. The lowest BCUT2D eigenvalue weighted by Gasteiger charge is -2.25. The standard InChI is InChI=1S/C18H23NO3.C12H12INO.C6H12O2/c1-12-5-3-6-14(9-12)18-19-17(13(2)22-18)11-21-16-8-4-7-15(20)10-16;1-8-4-3-5-10(6-8)12-14-11(7-13)9(2)15-12;7-5-2-1-3-6(8)4-5/h3,5-6,9,15-16,20H,4,7-8,10-11H2,1-2H3;3-6H,7H2,1-2H3;5-8H,1-4H2. The molecule has 4 aromatic rings. The Morgan fingerprint density at radius 1 is 0.711 bits per heavy atom. The third-order valence-electron chi connectivity index (χ3n) is 8.11. The fourth-order valence-electron chi connectivity index (χ4n) is 5.52. The Morgan fingerprint density at radius 2 is 1.20 bits per heavy atom. The van der Waals surface area contributed by atoms with E-state index >= 15 is 0 Å². The summed E-state index contributed by atoms with van der Waals surface area (Å²) in [6.07, 6.45) is 6.38. The molecule has 2 fully saturated rings. The van der Waals surface area contributed by atoms with Crippen LogP contribution in [0.4, 0.5) is 0 Å². The first-order valence-corrected chi connectivity index (χ1v) is 17.4. The molecule has 244 valence electrons. The number of aliphatic hydroxyl groups is 3. The molecule has 0 radical (unpaired) electrons. The molecule has 6 rings (SSSR count). The molecule has 2 aliphatic carbocycles. The number of ether oxygens (including phenoxy) is 1. The van der Waals surface area contributed by atoms with Gasteiger partial charge in [-0.15, -0.1) is 0 Å². The molecule has 3 N–H and O–H groups in total. The van der Waals surface area contributed by atoms with Crippen molar-refractivity contribution in [2.75, 3.05) is 0 Å². The molecule has 2 heterocycles. The van der Waals surface area contributed by atoms with Gasteiger partial charge in [-0.1, -0.05) is 58.0 Å². The van der Waals surface area contributed by atoms with Crippen LogP contribution in [-0.2, 0) is 15.8 Å². The van der Waals surface area contributed by atoms with Gasteiger partial charge in [0.1, 0.15) is 17.2 Å². The minimum absolute atomic E-state index is 0.127. The van der Waals surface area contributed by atoms with E-state index in [2.05, 4.69) is 70.7 Å². The number of halogens is 1. The monoisotopic (exact) mass is 730 g/mol. The van der Waals surface area contributed by atoms with Gasteiger partial charge in [-0.2, -0.15) is 0 Å². The van der Waals surface area contributed by atoms with Gasteiger partial charge in [-0.25, -0.2) is 9.97 Å². The van der Waals surface area contributed by atoms with E-state index in [4.69, 9.17) is 23.8 Å². The summed E-state index contributed by atoms with van der Waals surface area (Å²) in [5.74, 6) is 3.08. The largest absolute Gasteiger partial charge is 0.441 e. The van der Waals surface area contributed by atoms with Gasteiger partial charge in [0, 0.05) is 15.6 Å². The zero-order valence-electron chi connectivity index (χ0n) is 26.8. The quantitative estimate of drug-likeness (QED) is 0.135. The van der Waals surface area contributed by atoms with Crippen LogP contribution in [-0.4, -0.2) is 49.7 Å². The maximum Gasteiger partial charge on any atom is 0.226 e. The van der Waals surface area contributed by atoms with Gasteiger partial charge in [0.15, 0.2) is 0 Å². The van der Waals surface area contributed by atoms with Crippen LogP contribution in [0.5, 0.6) is 0 Å². The van der Waals surface area contributed by atoms with Crippen LogP contribution in [0.1, 0.15) is 85.4 Å². The molecule has 45 heavy (non-hydrogen) atoms. The van der Waals surface area contributed by atoms with E-state index in [-0.39, 0.29) is 24.4 Å². The summed E-state index contributed by atoms with van der Waals surface area (Å²) in [4.78, 5) is 9.04. The summed E-state index contributed by atoms with van der Waals surface area (Å²) in [6.45, 7) is 8.44. The highest BCUT2D eigenvalue weighted by atomic mass is 127. The van der Waals surface area contributed by atoms with Crippen molar-refractivity contribution in [1.29, 1.82) is 0 Å². The van der Waals surface area contributed by atoms with Crippen LogP contribution < -0.4 is 0 Å². The first kappa shape index (κ1) is 35.3. The number of aryl methyl sites for hydroxylation is 4. The molecule has 2 aliphatic rings. The minimum atomic E-state index is -0.237. The zero-order valence-corrected chi connectivity index (χ0v) is 29.0. The van der Waals surface area contributed by atoms with Crippen LogP contribution in [0.25, 0.3) is 22.9 Å². The van der Waals surface area contributed by atoms with Crippen molar-refractivity contribution in [2.24, 2.45) is 0 Å². The summed E-state index contributed by atoms with van der Waals surface area (Å²) in [6, 6.07) is 16.3. The lowest BCUT2D eigenvalue weighted by Crippen LogP contribution is -2.25. The number of aromatic nitrogens is 2. The van der Waals surface area contributed by atoms with Crippen molar-refractivity contribution in [1.82, 2.24) is 9.97 Å². The third-order valence-corrected chi connectivity index (χ3v) is 8.84. The topological polar surface area (TPSA) is 122 Å². The third kappa shape index (κ3) is 11.0. The van der Waals surface area contributed by atoms with Gasteiger partial charge in [-0.3, -0.25) is 0 Å². The number of benzene rings is 2. The van der Waals surface area contributed by atoms with E-state index in [1.165, 1.54) is 11.1 Å². The molecule has 2 aromatic heterocycles. The summed E-state index contributed by atoms with van der Waals surface area (Å²) in [7, 11) is 0. The lowest BCUT2D eigenvalue weighted by atomic mass is 9.95. The molecule has 2 aromatic carbocycles. The van der Waals surface area contributed by atoms with E-state index in [0.29, 0.717) is 18.9 Å². The van der Waals surface area contributed by atoms with Crippen molar-refractivity contribution in [3.63, 3.8) is 0 Å². The van der Waals surface area contributed by atoms with E-state index in [1.807, 2.05) is 38.1 Å². The average molecular weight is 731 g/mol. The van der Waals surface area contributed by atoms with Gasteiger partial charge in [0.2, 0.25) is 11.8 Å². The van der Waals surface area contributed by atoms with Gasteiger partial charge in [-0.05, 0) is 103 Å². The summed E-state index contributed by atoms with van der Waals surface area (Å²) in [5.41, 5.74) is 6.32. The zero-order chi connectivity index (χ0) is 32.3. The molecular formula is C36H47IN2O6. The Kier molecular flexibility index (Phi) is 13.6. The molecule has 8 nitrogen and oxygen atoms in total. The highest BCUT2D eigenvalue weighted by Crippen LogP contribution is 2.26. The highest BCUT2D eigenvalue weighted by molar-refractivity contribution is 14.1. The predicted molar refractivity (Wildman–Crippen MR) is 184 cm³/mol.